The summed E-state index contributed by atoms with van der Waals surface area (Å²) < 4.78 is 5.19. The van der Waals surface area contributed by atoms with Gasteiger partial charge < -0.3 is 4.74 Å². The van der Waals surface area contributed by atoms with E-state index in [1.807, 2.05) is 18.2 Å². The molecule has 13 heavy (non-hydrogen) atoms. The smallest absolute Gasteiger partial charge is 0.164 e. The Balaban J connectivity index is 2.54. The maximum atomic E-state index is 11.5. The van der Waals surface area contributed by atoms with Gasteiger partial charge in [0.25, 0.3) is 0 Å². The highest BCUT2D eigenvalue weighted by atomic mass is 32.2. The largest absolute Gasteiger partial charge is 0.496 e. The van der Waals surface area contributed by atoms with Crippen molar-refractivity contribution in [1.29, 1.82) is 0 Å². The molecule has 1 heterocycles. The fraction of sp³-hybridized carbons (Fsp3) is 0.300. The monoisotopic (exact) mass is 194 g/mol. The summed E-state index contributed by atoms with van der Waals surface area (Å²) in [6, 6.07) is 5.62. The van der Waals surface area contributed by atoms with Crippen LogP contribution in [-0.2, 0) is 0 Å². The van der Waals surface area contributed by atoms with Crippen LogP contribution >= 0.6 is 11.8 Å². The lowest BCUT2D eigenvalue weighted by Gasteiger charge is -2.16. The van der Waals surface area contributed by atoms with E-state index in [1.165, 1.54) is 0 Å². The van der Waals surface area contributed by atoms with Crippen molar-refractivity contribution < 1.29 is 9.53 Å². The third kappa shape index (κ3) is 1.44. The summed E-state index contributed by atoms with van der Waals surface area (Å²) in [6.45, 7) is 0. The molecular formula is C10H10O2S. The lowest BCUT2D eigenvalue weighted by atomic mass is 10.1. The molecule has 0 radical (unpaired) electrons. The molecule has 1 aromatic carbocycles. The molecule has 0 N–H and O–H groups in total. The van der Waals surface area contributed by atoms with Crippen molar-refractivity contribution in [3.05, 3.63) is 23.8 Å². The van der Waals surface area contributed by atoms with Crippen LogP contribution in [-0.4, -0.2) is 18.6 Å². The van der Waals surface area contributed by atoms with E-state index in [9.17, 15) is 4.79 Å². The van der Waals surface area contributed by atoms with Crippen molar-refractivity contribution in [3.8, 4) is 5.75 Å². The molecule has 1 aliphatic heterocycles. The van der Waals surface area contributed by atoms with Crippen molar-refractivity contribution in [3.63, 3.8) is 0 Å². The molecule has 0 aliphatic carbocycles. The predicted molar refractivity (Wildman–Crippen MR) is 52.7 cm³/mol. The van der Waals surface area contributed by atoms with Crippen molar-refractivity contribution in [2.24, 2.45) is 0 Å². The van der Waals surface area contributed by atoms with Crippen LogP contribution in [0.3, 0.4) is 0 Å². The van der Waals surface area contributed by atoms with Gasteiger partial charge in [-0.1, -0.05) is 12.1 Å². The highest BCUT2D eigenvalue weighted by Gasteiger charge is 2.20. The minimum atomic E-state index is 0.229. The number of carbonyl (C=O) groups excluding carboxylic acids is 1. The van der Waals surface area contributed by atoms with Gasteiger partial charge in [0.2, 0.25) is 0 Å². The summed E-state index contributed by atoms with van der Waals surface area (Å²) >= 11 is 1.70. The number of ether oxygens (including phenoxy) is 1. The molecule has 0 unspecified atom stereocenters. The second-order valence-corrected chi connectivity index (χ2v) is 3.96. The molecule has 68 valence electrons. The van der Waals surface area contributed by atoms with E-state index in [1.54, 1.807) is 18.9 Å². The van der Waals surface area contributed by atoms with E-state index in [-0.39, 0.29) is 5.78 Å². The zero-order valence-corrected chi connectivity index (χ0v) is 8.19. The topological polar surface area (TPSA) is 26.3 Å². The molecule has 3 heteroatoms. The van der Waals surface area contributed by atoms with Gasteiger partial charge in [0.15, 0.2) is 5.78 Å². The van der Waals surface area contributed by atoms with E-state index >= 15 is 0 Å². The number of hydrogen-bond donors (Lipinski definition) is 0. The average molecular weight is 194 g/mol. The van der Waals surface area contributed by atoms with E-state index in [2.05, 4.69) is 0 Å². The standard InChI is InChI=1S/C10H10O2S/c1-12-9-4-2-3-7-8(11)5-6-13-10(7)9/h2-4H,5-6H2,1H3. The second-order valence-electron chi connectivity index (χ2n) is 2.86. The van der Waals surface area contributed by atoms with Crippen molar-refractivity contribution in [1.82, 2.24) is 0 Å². The third-order valence-electron chi connectivity index (χ3n) is 2.07. The Kier molecular flexibility index (Phi) is 2.27. The Labute approximate surface area is 81.3 Å². The predicted octanol–water partition coefficient (Wildman–Crippen LogP) is 2.37. The lowest BCUT2D eigenvalue weighted by Crippen LogP contribution is -2.08. The summed E-state index contributed by atoms with van der Waals surface area (Å²) in [5, 5.41) is 0. The van der Waals surface area contributed by atoms with Gasteiger partial charge in [0.05, 0.1) is 12.0 Å². The average Bonchev–Trinajstić information content (AvgIpc) is 2.18. The van der Waals surface area contributed by atoms with Gasteiger partial charge >= 0.3 is 0 Å². The summed E-state index contributed by atoms with van der Waals surface area (Å²) in [4.78, 5) is 12.5. The lowest BCUT2D eigenvalue weighted by molar-refractivity contribution is 0.0984. The number of Topliss-reactive ketones (excluding diaryl/α,β-unsaturated/α-hetero) is 1. The Morgan fingerprint density at radius 1 is 1.46 bits per heavy atom. The zero-order chi connectivity index (χ0) is 9.26. The number of hydrogen-bond acceptors (Lipinski definition) is 3. The number of fused-ring (bicyclic) bond motifs is 1. The van der Waals surface area contributed by atoms with Crippen LogP contribution in [0.2, 0.25) is 0 Å². The maximum absolute atomic E-state index is 11.5. The van der Waals surface area contributed by atoms with Crippen LogP contribution in [0.25, 0.3) is 0 Å². The molecule has 0 saturated heterocycles. The first-order valence-corrected chi connectivity index (χ1v) is 5.14. The highest BCUT2D eigenvalue weighted by Crippen LogP contribution is 2.36. The quantitative estimate of drug-likeness (QED) is 0.686. The van der Waals surface area contributed by atoms with E-state index in [0.717, 1.165) is 22.0 Å². The van der Waals surface area contributed by atoms with Crippen LogP contribution in [0.15, 0.2) is 23.1 Å². The highest BCUT2D eigenvalue weighted by molar-refractivity contribution is 7.99. The molecule has 0 bridgehead atoms. The molecule has 0 saturated carbocycles. The maximum Gasteiger partial charge on any atom is 0.164 e. The number of ketones is 1. The first-order valence-electron chi connectivity index (χ1n) is 4.16. The van der Waals surface area contributed by atoms with Gasteiger partial charge in [-0.15, -0.1) is 11.8 Å². The number of thioether (sulfide) groups is 1. The first-order chi connectivity index (χ1) is 6.33. The SMILES string of the molecule is COc1cccc2c1SCCC2=O. The van der Waals surface area contributed by atoms with Gasteiger partial charge in [-0.25, -0.2) is 0 Å². The Hall–Kier alpha value is -0.960. The normalized spacial score (nSPS) is 15.3. The molecule has 2 nitrogen and oxygen atoms in total. The van der Waals surface area contributed by atoms with E-state index in [0.29, 0.717) is 6.42 Å². The van der Waals surface area contributed by atoms with Gasteiger partial charge in [-0.2, -0.15) is 0 Å². The van der Waals surface area contributed by atoms with Crippen LogP contribution in [0.1, 0.15) is 16.8 Å². The van der Waals surface area contributed by atoms with E-state index in [4.69, 9.17) is 4.74 Å². The molecule has 0 amide bonds. The summed E-state index contributed by atoms with van der Waals surface area (Å²) in [7, 11) is 1.63. The van der Waals surface area contributed by atoms with Crippen LogP contribution < -0.4 is 4.74 Å². The number of benzene rings is 1. The molecule has 2 rings (SSSR count). The minimum absolute atomic E-state index is 0.229. The third-order valence-corrected chi connectivity index (χ3v) is 3.19. The van der Waals surface area contributed by atoms with E-state index < -0.39 is 0 Å². The van der Waals surface area contributed by atoms with Crippen molar-refractivity contribution >= 4 is 17.5 Å². The Morgan fingerprint density at radius 3 is 3.08 bits per heavy atom. The van der Waals surface area contributed by atoms with Crippen molar-refractivity contribution in [2.75, 3.05) is 12.9 Å². The number of methoxy groups -OCH3 is 1. The Morgan fingerprint density at radius 2 is 2.31 bits per heavy atom. The fourth-order valence-electron chi connectivity index (χ4n) is 1.43. The zero-order valence-electron chi connectivity index (χ0n) is 7.37. The molecule has 0 spiro atoms. The second kappa shape index (κ2) is 3.42. The molecule has 0 fully saturated rings. The van der Waals surface area contributed by atoms with Gasteiger partial charge in [0.1, 0.15) is 5.75 Å². The number of carbonyl (C=O) groups is 1. The van der Waals surface area contributed by atoms with Gasteiger partial charge in [-0.05, 0) is 6.07 Å². The first kappa shape index (κ1) is 8.63. The minimum Gasteiger partial charge on any atom is -0.496 e. The molecule has 1 aromatic rings. The van der Waals surface area contributed by atoms with Gasteiger partial charge in [-0.3, -0.25) is 4.79 Å². The molecule has 0 aromatic heterocycles. The molecule has 0 atom stereocenters. The van der Waals surface area contributed by atoms with Crippen LogP contribution in [0, 0.1) is 0 Å². The van der Waals surface area contributed by atoms with Crippen LogP contribution in [0.5, 0.6) is 5.75 Å². The Bertz CT molecular complexity index is 347. The summed E-state index contributed by atoms with van der Waals surface area (Å²) in [5.41, 5.74) is 0.815. The molecular weight excluding hydrogens is 184 g/mol. The van der Waals surface area contributed by atoms with Crippen molar-refractivity contribution in [2.45, 2.75) is 11.3 Å². The van der Waals surface area contributed by atoms with Gasteiger partial charge in [0, 0.05) is 17.7 Å². The summed E-state index contributed by atoms with van der Waals surface area (Å²) in [5.74, 6) is 1.91. The molecule has 1 aliphatic rings. The summed E-state index contributed by atoms with van der Waals surface area (Å²) in [6.07, 6.45) is 0.644. The van der Waals surface area contributed by atoms with Crippen LogP contribution in [0.4, 0.5) is 0 Å². The fourth-order valence-corrected chi connectivity index (χ4v) is 2.55. The number of rotatable bonds is 1.